The molecule has 0 spiro atoms. The second-order valence-corrected chi connectivity index (χ2v) is 9.03. The molecular formula is C28H45N3O. The van der Waals surface area contributed by atoms with Gasteiger partial charge in [-0.2, -0.15) is 0 Å². The van der Waals surface area contributed by atoms with E-state index in [0.29, 0.717) is 6.54 Å². The van der Waals surface area contributed by atoms with Crippen LogP contribution in [0.2, 0.25) is 0 Å². The maximum absolute atomic E-state index is 9.54. The van der Waals surface area contributed by atoms with Crippen LogP contribution in [0, 0.1) is 0 Å². The monoisotopic (exact) mass is 439 g/mol. The van der Waals surface area contributed by atoms with Crippen molar-refractivity contribution in [2.75, 3.05) is 46.4 Å². The molecule has 0 saturated heterocycles. The van der Waals surface area contributed by atoms with Crippen molar-refractivity contribution in [2.45, 2.75) is 59.2 Å². The summed E-state index contributed by atoms with van der Waals surface area (Å²) in [5, 5.41) is 9.54. The molecule has 0 amide bonds. The highest BCUT2D eigenvalue weighted by Gasteiger charge is 2.09. The summed E-state index contributed by atoms with van der Waals surface area (Å²) < 4.78 is 0. The number of aliphatic hydroxyl groups is 1. The molecule has 0 aromatic heterocycles. The van der Waals surface area contributed by atoms with Gasteiger partial charge in [0, 0.05) is 26.2 Å². The van der Waals surface area contributed by atoms with Crippen LogP contribution in [0.25, 0.3) is 0 Å². The second-order valence-electron chi connectivity index (χ2n) is 9.03. The maximum atomic E-state index is 9.54. The Balaban J connectivity index is 1.90. The lowest BCUT2D eigenvalue weighted by atomic mass is 10.1. The molecule has 4 nitrogen and oxygen atoms in total. The van der Waals surface area contributed by atoms with Crippen LogP contribution in [0.15, 0.2) is 54.6 Å². The predicted molar refractivity (Wildman–Crippen MR) is 137 cm³/mol. The van der Waals surface area contributed by atoms with E-state index in [4.69, 9.17) is 0 Å². The molecule has 178 valence electrons. The largest absolute Gasteiger partial charge is 0.395 e. The van der Waals surface area contributed by atoms with E-state index in [1.807, 2.05) is 0 Å². The van der Waals surface area contributed by atoms with Crippen molar-refractivity contribution in [3.63, 3.8) is 0 Å². The number of rotatable bonds is 17. The van der Waals surface area contributed by atoms with Gasteiger partial charge in [-0.15, -0.1) is 0 Å². The number of unbranched alkanes of at least 4 members (excludes halogenated alkanes) is 1. The Hall–Kier alpha value is -1.72. The van der Waals surface area contributed by atoms with Gasteiger partial charge in [0.2, 0.25) is 0 Å². The third-order valence-electron chi connectivity index (χ3n) is 5.88. The number of nitrogens with zero attached hydrogens (tertiary/aromatic N) is 3. The first kappa shape index (κ1) is 26.5. The Kier molecular flexibility index (Phi) is 13.2. The van der Waals surface area contributed by atoms with Crippen molar-refractivity contribution >= 4 is 0 Å². The van der Waals surface area contributed by atoms with Gasteiger partial charge in [0.05, 0.1) is 6.61 Å². The standard InChI is InChI=1S/C28H45N3O/c1-4-16-29(3)18-9-10-19-30(17-5-2)24-27-14-11-15-28(22-27)25-31(20-21-32)23-26-12-7-6-8-13-26/h6-8,11-15,22,32H,4-5,9-10,16-21,23-25H2,1-3H3. The van der Waals surface area contributed by atoms with Gasteiger partial charge in [0.1, 0.15) is 0 Å². The first-order valence-corrected chi connectivity index (χ1v) is 12.5. The van der Waals surface area contributed by atoms with E-state index < -0.39 is 0 Å². The summed E-state index contributed by atoms with van der Waals surface area (Å²) in [5.41, 5.74) is 4.00. The highest BCUT2D eigenvalue weighted by atomic mass is 16.3. The van der Waals surface area contributed by atoms with Gasteiger partial charge in [-0.3, -0.25) is 9.80 Å². The smallest absolute Gasteiger partial charge is 0.0558 e. The Morgan fingerprint density at radius 2 is 1.22 bits per heavy atom. The molecule has 2 rings (SSSR count). The van der Waals surface area contributed by atoms with Crippen LogP contribution in [0.4, 0.5) is 0 Å². The number of benzene rings is 2. The lowest BCUT2D eigenvalue weighted by molar-refractivity contribution is 0.184. The van der Waals surface area contributed by atoms with E-state index in [1.54, 1.807) is 0 Å². The summed E-state index contributed by atoms with van der Waals surface area (Å²) in [7, 11) is 2.23. The maximum Gasteiger partial charge on any atom is 0.0558 e. The molecule has 0 saturated carbocycles. The fourth-order valence-electron chi connectivity index (χ4n) is 4.34. The van der Waals surface area contributed by atoms with Crippen molar-refractivity contribution < 1.29 is 5.11 Å². The van der Waals surface area contributed by atoms with Gasteiger partial charge in [0.15, 0.2) is 0 Å². The van der Waals surface area contributed by atoms with Crippen LogP contribution < -0.4 is 0 Å². The van der Waals surface area contributed by atoms with E-state index in [2.05, 4.69) is 90.2 Å². The SMILES string of the molecule is CCCN(C)CCCCN(CCC)Cc1cccc(CN(CCO)Cc2ccccc2)c1. The van der Waals surface area contributed by atoms with E-state index in [9.17, 15) is 5.11 Å². The van der Waals surface area contributed by atoms with Gasteiger partial charge < -0.3 is 10.0 Å². The summed E-state index contributed by atoms with van der Waals surface area (Å²) in [4.78, 5) is 7.38. The zero-order valence-corrected chi connectivity index (χ0v) is 20.7. The Morgan fingerprint density at radius 3 is 1.88 bits per heavy atom. The van der Waals surface area contributed by atoms with Gasteiger partial charge in [-0.1, -0.05) is 68.4 Å². The Labute approximate surface area is 196 Å². The molecular weight excluding hydrogens is 394 g/mol. The van der Waals surface area contributed by atoms with Crippen molar-refractivity contribution in [1.82, 2.24) is 14.7 Å². The molecule has 2 aromatic carbocycles. The molecule has 1 N–H and O–H groups in total. The summed E-state index contributed by atoms with van der Waals surface area (Å²) >= 11 is 0. The van der Waals surface area contributed by atoms with E-state index >= 15 is 0 Å². The lowest BCUT2D eigenvalue weighted by Crippen LogP contribution is -2.27. The quantitative estimate of drug-likeness (QED) is 0.351. The van der Waals surface area contributed by atoms with Crippen LogP contribution in [0.1, 0.15) is 56.2 Å². The zero-order valence-electron chi connectivity index (χ0n) is 20.7. The molecule has 0 aliphatic rings. The summed E-state index contributed by atoms with van der Waals surface area (Å²) in [5.74, 6) is 0. The predicted octanol–water partition coefficient (Wildman–Crippen LogP) is 5.02. The molecule has 2 aromatic rings. The molecule has 0 radical (unpaired) electrons. The van der Waals surface area contributed by atoms with Crippen molar-refractivity contribution in [3.05, 3.63) is 71.3 Å². The van der Waals surface area contributed by atoms with Crippen LogP contribution in [0.3, 0.4) is 0 Å². The lowest BCUT2D eigenvalue weighted by Gasteiger charge is -2.24. The molecule has 0 aliphatic carbocycles. The first-order valence-electron chi connectivity index (χ1n) is 12.5. The minimum atomic E-state index is 0.185. The first-order chi connectivity index (χ1) is 15.6. The third kappa shape index (κ3) is 10.7. The Morgan fingerprint density at radius 1 is 0.625 bits per heavy atom. The normalized spacial score (nSPS) is 11.7. The average Bonchev–Trinajstić information content (AvgIpc) is 2.78. The van der Waals surface area contributed by atoms with Gasteiger partial charge >= 0.3 is 0 Å². The molecule has 4 heteroatoms. The van der Waals surface area contributed by atoms with Gasteiger partial charge in [-0.25, -0.2) is 0 Å². The molecule has 0 aliphatic heterocycles. The van der Waals surface area contributed by atoms with Crippen molar-refractivity contribution in [2.24, 2.45) is 0 Å². The number of aliphatic hydroxyl groups excluding tert-OH is 1. The zero-order chi connectivity index (χ0) is 23.0. The fraction of sp³-hybridized carbons (Fsp3) is 0.571. The molecule has 0 atom stereocenters. The third-order valence-corrected chi connectivity index (χ3v) is 5.88. The number of hydrogen-bond acceptors (Lipinski definition) is 4. The van der Waals surface area contributed by atoms with Crippen LogP contribution in [0.5, 0.6) is 0 Å². The minimum Gasteiger partial charge on any atom is -0.395 e. The second kappa shape index (κ2) is 16.0. The van der Waals surface area contributed by atoms with Crippen molar-refractivity contribution in [3.8, 4) is 0 Å². The van der Waals surface area contributed by atoms with Gasteiger partial charge in [0.25, 0.3) is 0 Å². The highest BCUT2D eigenvalue weighted by molar-refractivity contribution is 5.24. The molecule has 0 heterocycles. The molecule has 32 heavy (non-hydrogen) atoms. The van der Waals surface area contributed by atoms with Crippen LogP contribution >= 0.6 is 0 Å². The van der Waals surface area contributed by atoms with Crippen molar-refractivity contribution in [1.29, 1.82) is 0 Å². The fourth-order valence-corrected chi connectivity index (χ4v) is 4.34. The summed E-state index contributed by atoms with van der Waals surface area (Å²) in [6, 6.07) is 19.5. The molecule has 0 unspecified atom stereocenters. The van der Waals surface area contributed by atoms with Crippen LogP contribution in [-0.2, 0) is 19.6 Å². The number of hydrogen-bond donors (Lipinski definition) is 1. The van der Waals surface area contributed by atoms with E-state index in [1.165, 1.54) is 62.0 Å². The minimum absolute atomic E-state index is 0.185. The molecule has 0 bridgehead atoms. The van der Waals surface area contributed by atoms with E-state index in [-0.39, 0.29) is 6.61 Å². The summed E-state index contributed by atoms with van der Waals surface area (Å²) in [6.45, 7) is 12.9. The highest BCUT2D eigenvalue weighted by Crippen LogP contribution is 2.14. The average molecular weight is 440 g/mol. The topological polar surface area (TPSA) is 30.0 Å². The summed E-state index contributed by atoms with van der Waals surface area (Å²) in [6.07, 6.45) is 4.95. The van der Waals surface area contributed by atoms with Gasteiger partial charge in [-0.05, 0) is 75.6 Å². The molecule has 0 fully saturated rings. The van der Waals surface area contributed by atoms with Crippen LogP contribution in [-0.4, -0.2) is 66.2 Å². The Bertz CT molecular complexity index is 722. The van der Waals surface area contributed by atoms with E-state index in [0.717, 1.165) is 26.2 Å².